The molecule has 0 bridgehead atoms. The molecule has 6 aromatic carbocycles. The van der Waals surface area contributed by atoms with E-state index in [1.807, 2.05) is 6.07 Å². The number of fused-ring (bicyclic) bond motifs is 6. The van der Waals surface area contributed by atoms with Crippen molar-refractivity contribution in [2.24, 2.45) is 0 Å². The summed E-state index contributed by atoms with van der Waals surface area (Å²) in [4.78, 5) is 0. The van der Waals surface area contributed by atoms with Crippen LogP contribution in [-0.2, 0) is 11.8 Å². The Morgan fingerprint density at radius 2 is 1.26 bits per heavy atom. The lowest BCUT2D eigenvalue weighted by atomic mass is 9.66. The van der Waals surface area contributed by atoms with E-state index in [1.165, 1.54) is 39.0 Å². The molecule has 2 aliphatic carbocycles. The third kappa shape index (κ3) is 4.18. The lowest BCUT2D eigenvalue weighted by Gasteiger charge is -2.36. The van der Waals surface area contributed by atoms with Crippen LogP contribution in [0.5, 0.6) is 23.0 Å². The molecule has 0 spiro atoms. The zero-order valence-corrected chi connectivity index (χ0v) is 25.4. The van der Waals surface area contributed by atoms with Crippen LogP contribution in [0.1, 0.15) is 40.7 Å². The minimum atomic E-state index is -0.431. The van der Waals surface area contributed by atoms with E-state index in [2.05, 4.69) is 152 Å². The lowest BCUT2D eigenvalue weighted by Crippen LogP contribution is -2.29. The van der Waals surface area contributed by atoms with Crippen molar-refractivity contribution < 1.29 is 9.47 Å². The monoisotopic (exact) mass is 592 g/mol. The molecular formula is C44H32O2. The molecular weight excluding hydrogens is 560 g/mol. The van der Waals surface area contributed by atoms with Gasteiger partial charge in [-0.1, -0.05) is 140 Å². The van der Waals surface area contributed by atoms with Crippen molar-refractivity contribution >= 4 is 0 Å². The van der Waals surface area contributed by atoms with E-state index in [0.29, 0.717) is 0 Å². The van der Waals surface area contributed by atoms with Crippen LogP contribution in [0, 0.1) is 0 Å². The fourth-order valence-electron chi connectivity index (χ4n) is 7.59. The van der Waals surface area contributed by atoms with Crippen LogP contribution in [0.4, 0.5) is 0 Å². The van der Waals surface area contributed by atoms with Crippen LogP contribution in [0.25, 0.3) is 22.3 Å². The largest absolute Gasteiger partial charge is 0.449 e. The molecule has 2 nitrogen and oxygen atoms in total. The zero-order valence-electron chi connectivity index (χ0n) is 25.4. The average Bonchev–Trinajstić information content (AvgIpc) is 3.43. The molecule has 220 valence electrons. The Labute approximate surface area is 269 Å². The van der Waals surface area contributed by atoms with Gasteiger partial charge in [0.05, 0.1) is 5.41 Å². The van der Waals surface area contributed by atoms with Crippen LogP contribution in [0.15, 0.2) is 163 Å². The van der Waals surface area contributed by atoms with Gasteiger partial charge in [0.2, 0.25) is 0 Å². The van der Waals surface area contributed by atoms with E-state index in [9.17, 15) is 0 Å². The smallest absolute Gasteiger partial charge is 0.178 e. The summed E-state index contributed by atoms with van der Waals surface area (Å²) in [5.41, 5.74) is 11.8. The topological polar surface area (TPSA) is 18.5 Å². The Balaban J connectivity index is 1.11. The van der Waals surface area contributed by atoms with Crippen molar-refractivity contribution in [1.29, 1.82) is 0 Å². The zero-order chi connectivity index (χ0) is 30.5. The average molecular weight is 593 g/mol. The number of hydrogen-bond donors (Lipinski definition) is 0. The lowest BCUT2D eigenvalue weighted by molar-refractivity contribution is 0.360. The minimum Gasteiger partial charge on any atom is -0.449 e. The predicted molar refractivity (Wildman–Crippen MR) is 186 cm³/mol. The molecule has 1 aliphatic heterocycles. The summed E-state index contributed by atoms with van der Waals surface area (Å²) in [6, 6.07) is 49.7. The summed E-state index contributed by atoms with van der Waals surface area (Å²) in [6.07, 6.45) is 10.1. The van der Waals surface area contributed by atoms with E-state index in [0.717, 1.165) is 59.0 Å². The van der Waals surface area contributed by atoms with Crippen LogP contribution >= 0.6 is 0 Å². The van der Waals surface area contributed by atoms with Gasteiger partial charge < -0.3 is 9.47 Å². The van der Waals surface area contributed by atoms with Gasteiger partial charge in [0, 0.05) is 5.56 Å². The second-order valence-corrected chi connectivity index (χ2v) is 12.3. The Morgan fingerprint density at radius 1 is 0.543 bits per heavy atom. The molecule has 0 saturated heterocycles. The number of ether oxygens (including phenoxy) is 2. The van der Waals surface area contributed by atoms with Gasteiger partial charge in [-0.05, 0) is 87.5 Å². The summed E-state index contributed by atoms with van der Waals surface area (Å²) in [6.45, 7) is 0. The number of allylic oxidation sites excluding steroid dienone is 4. The van der Waals surface area contributed by atoms with E-state index in [1.54, 1.807) is 0 Å². The first-order valence-electron chi connectivity index (χ1n) is 16.1. The maximum atomic E-state index is 6.81. The number of benzene rings is 6. The summed E-state index contributed by atoms with van der Waals surface area (Å²) < 4.78 is 13.5. The highest BCUT2D eigenvalue weighted by molar-refractivity contribution is 5.92. The summed E-state index contributed by atoms with van der Waals surface area (Å²) >= 11 is 0. The maximum Gasteiger partial charge on any atom is 0.178 e. The molecule has 6 aromatic rings. The van der Waals surface area contributed by atoms with E-state index in [4.69, 9.17) is 9.47 Å². The van der Waals surface area contributed by atoms with Crippen molar-refractivity contribution in [2.75, 3.05) is 0 Å². The molecule has 0 N–H and O–H groups in total. The molecule has 0 amide bonds. The van der Waals surface area contributed by atoms with E-state index < -0.39 is 5.41 Å². The van der Waals surface area contributed by atoms with Crippen LogP contribution in [-0.4, -0.2) is 0 Å². The maximum absolute atomic E-state index is 6.81. The van der Waals surface area contributed by atoms with Crippen LogP contribution in [0.3, 0.4) is 0 Å². The molecule has 1 atom stereocenters. The second-order valence-electron chi connectivity index (χ2n) is 12.3. The van der Waals surface area contributed by atoms with Gasteiger partial charge in [-0.15, -0.1) is 0 Å². The van der Waals surface area contributed by atoms with Gasteiger partial charge in [-0.25, -0.2) is 0 Å². The van der Waals surface area contributed by atoms with Gasteiger partial charge >= 0.3 is 0 Å². The van der Waals surface area contributed by atoms with Gasteiger partial charge in [0.15, 0.2) is 23.0 Å². The molecule has 9 rings (SSSR count). The van der Waals surface area contributed by atoms with Gasteiger partial charge in [0.1, 0.15) is 0 Å². The van der Waals surface area contributed by atoms with Crippen molar-refractivity contribution in [3.8, 4) is 45.3 Å². The highest BCUT2D eigenvalue weighted by atomic mass is 16.6. The predicted octanol–water partition coefficient (Wildman–Crippen LogP) is 11.4. The molecule has 0 fully saturated rings. The SMILES string of the molecule is C1=CC(C2(c3ccccc3)c3ccccc3-c3c2ccc2c3Oc3ccc(-c4ccc(Cc5ccccc5)cc4)cc3O2)=CCC1. The normalized spacial score (nSPS) is 17.1. The quantitative estimate of drug-likeness (QED) is 0.198. The summed E-state index contributed by atoms with van der Waals surface area (Å²) in [7, 11) is 0. The van der Waals surface area contributed by atoms with Gasteiger partial charge in [-0.2, -0.15) is 0 Å². The fraction of sp³-hybridized carbons (Fsp3) is 0.0909. The third-order valence-electron chi connectivity index (χ3n) is 9.67. The Hall–Kier alpha value is -5.60. The minimum absolute atomic E-state index is 0.431. The first-order valence-corrected chi connectivity index (χ1v) is 16.1. The summed E-state index contributed by atoms with van der Waals surface area (Å²) in [5, 5.41) is 0. The van der Waals surface area contributed by atoms with E-state index >= 15 is 0 Å². The van der Waals surface area contributed by atoms with E-state index in [-0.39, 0.29) is 0 Å². The van der Waals surface area contributed by atoms with Crippen LogP contribution in [0.2, 0.25) is 0 Å². The molecule has 1 heterocycles. The van der Waals surface area contributed by atoms with Crippen LogP contribution < -0.4 is 9.47 Å². The van der Waals surface area contributed by atoms with Crippen molar-refractivity contribution in [3.63, 3.8) is 0 Å². The molecule has 3 aliphatic rings. The molecule has 0 radical (unpaired) electrons. The Kier molecular flexibility index (Phi) is 6.28. The number of rotatable bonds is 5. The Bertz CT molecular complexity index is 2160. The number of hydrogen-bond acceptors (Lipinski definition) is 2. The first-order chi connectivity index (χ1) is 22.8. The summed E-state index contributed by atoms with van der Waals surface area (Å²) in [5.74, 6) is 3.00. The van der Waals surface area contributed by atoms with Crippen molar-refractivity contribution in [1.82, 2.24) is 0 Å². The molecule has 2 heteroatoms. The van der Waals surface area contributed by atoms with Crippen molar-refractivity contribution in [3.05, 3.63) is 191 Å². The highest BCUT2D eigenvalue weighted by Crippen LogP contribution is 2.62. The fourth-order valence-corrected chi connectivity index (χ4v) is 7.59. The standard InChI is InChI=1S/C44H32O2/c1-4-12-30(13-5-1)28-31-20-22-32(23-21-31)33-24-26-39-41(29-33)45-40-27-25-38-42(43(40)46-39)36-18-10-11-19-37(36)44(38,34-14-6-2-7-15-34)35-16-8-3-9-17-35/h1-2,4-8,10-27,29H,3,9,28H2. The highest BCUT2D eigenvalue weighted by Gasteiger charge is 2.48. The molecule has 0 aromatic heterocycles. The van der Waals surface area contributed by atoms with Gasteiger partial charge in [0.25, 0.3) is 0 Å². The molecule has 0 saturated carbocycles. The third-order valence-corrected chi connectivity index (χ3v) is 9.67. The Morgan fingerprint density at radius 3 is 2.07 bits per heavy atom. The van der Waals surface area contributed by atoms with Gasteiger partial charge in [-0.3, -0.25) is 0 Å². The molecule has 1 unspecified atom stereocenters. The molecule has 46 heavy (non-hydrogen) atoms. The van der Waals surface area contributed by atoms with Crippen molar-refractivity contribution in [2.45, 2.75) is 24.7 Å². The second kappa shape index (κ2) is 10.8. The first kappa shape index (κ1) is 26.8.